The Morgan fingerprint density at radius 1 is 1.09 bits per heavy atom. The van der Waals surface area contributed by atoms with Crippen molar-refractivity contribution in [2.24, 2.45) is 4.99 Å². The molecule has 5 rings (SSSR count). The first kappa shape index (κ1) is 21.6. The lowest BCUT2D eigenvalue weighted by Gasteiger charge is -2.15. The van der Waals surface area contributed by atoms with Crippen LogP contribution in [0.25, 0.3) is 5.00 Å². The Labute approximate surface area is 201 Å². The van der Waals surface area contributed by atoms with Crippen LogP contribution >= 0.6 is 22.9 Å². The Morgan fingerprint density at radius 2 is 1.85 bits per heavy atom. The van der Waals surface area contributed by atoms with Crippen molar-refractivity contribution in [3.8, 4) is 5.00 Å². The van der Waals surface area contributed by atoms with Gasteiger partial charge in [0.1, 0.15) is 10.8 Å². The van der Waals surface area contributed by atoms with Crippen molar-refractivity contribution in [1.82, 2.24) is 20.1 Å². The number of thiophene rings is 1. The minimum absolute atomic E-state index is 0.139. The molecule has 3 heterocycles. The number of aryl methyl sites for hydroxylation is 2. The lowest BCUT2D eigenvalue weighted by Crippen LogP contribution is -2.30. The molecular formula is C25H22ClN5OS. The van der Waals surface area contributed by atoms with Gasteiger partial charge in [-0.15, -0.1) is 21.5 Å². The maximum Gasteiger partial charge on any atom is 0.226 e. The van der Waals surface area contributed by atoms with E-state index in [0.29, 0.717) is 10.8 Å². The molecule has 166 valence electrons. The second-order valence-electron chi connectivity index (χ2n) is 7.82. The highest BCUT2D eigenvalue weighted by Gasteiger charge is 2.31. The molecule has 1 aliphatic rings. The maximum atomic E-state index is 13.0. The smallest absolute Gasteiger partial charge is 0.226 e. The van der Waals surface area contributed by atoms with Crippen LogP contribution in [0, 0.1) is 6.92 Å². The van der Waals surface area contributed by atoms with Gasteiger partial charge in [0.25, 0.3) is 0 Å². The number of aromatic nitrogens is 3. The van der Waals surface area contributed by atoms with Gasteiger partial charge in [-0.1, -0.05) is 67.1 Å². The number of halogens is 1. The number of carbonyl (C=O) groups excluding carboxylic acids is 1. The van der Waals surface area contributed by atoms with Crippen molar-refractivity contribution in [2.75, 3.05) is 0 Å². The van der Waals surface area contributed by atoms with Gasteiger partial charge in [-0.3, -0.25) is 14.4 Å². The summed E-state index contributed by atoms with van der Waals surface area (Å²) in [7, 11) is 0. The molecule has 6 nitrogen and oxygen atoms in total. The van der Waals surface area contributed by atoms with Crippen LogP contribution in [0.2, 0.25) is 5.02 Å². The normalized spacial score (nSPS) is 14.8. The van der Waals surface area contributed by atoms with Crippen LogP contribution in [0.3, 0.4) is 0 Å². The molecule has 8 heteroatoms. The first-order valence-electron chi connectivity index (χ1n) is 10.8. The van der Waals surface area contributed by atoms with Gasteiger partial charge in [0.2, 0.25) is 5.91 Å². The third-order valence-electron chi connectivity index (χ3n) is 5.56. The Morgan fingerprint density at radius 3 is 2.61 bits per heavy atom. The molecule has 1 unspecified atom stereocenters. The van der Waals surface area contributed by atoms with Crippen molar-refractivity contribution in [3.05, 3.63) is 98.9 Å². The fourth-order valence-corrected chi connectivity index (χ4v) is 5.33. The zero-order valence-electron chi connectivity index (χ0n) is 18.2. The predicted molar refractivity (Wildman–Crippen MR) is 131 cm³/mol. The highest BCUT2D eigenvalue weighted by Crippen LogP contribution is 2.36. The van der Waals surface area contributed by atoms with E-state index in [1.54, 1.807) is 11.3 Å². The van der Waals surface area contributed by atoms with Crippen LogP contribution in [-0.4, -0.2) is 26.4 Å². The summed E-state index contributed by atoms with van der Waals surface area (Å²) in [6.45, 7) is 4.04. The van der Waals surface area contributed by atoms with Crippen molar-refractivity contribution in [1.29, 1.82) is 0 Å². The quantitative estimate of drug-likeness (QED) is 0.438. The van der Waals surface area contributed by atoms with Gasteiger partial charge in [0.15, 0.2) is 12.0 Å². The molecule has 0 saturated heterocycles. The topological polar surface area (TPSA) is 72.2 Å². The van der Waals surface area contributed by atoms with Gasteiger partial charge in [0, 0.05) is 21.0 Å². The lowest BCUT2D eigenvalue weighted by atomic mass is 10.0. The lowest BCUT2D eigenvalue weighted by molar-refractivity contribution is -0.121. The summed E-state index contributed by atoms with van der Waals surface area (Å²) < 4.78 is 2.00. The minimum Gasteiger partial charge on any atom is -0.328 e. The Bertz CT molecular complexity index is 1360. The number of aliphatic imine (C=N–C) groups is 1. The summed E-state index contributed by atoms with van der Waals surface area (Å²) in [5.41, 5.74) is 3.46. The summed E-state index contributed by atoms with van der Waals surface area (Å²) in [6.07, 6.45) is 0.461. The molecule has 1 atom stereocenters. The number of nitrogens with zero attached hydrogens (tertiary/aromatic N) is 4. The van der Waals surface area contributed by atoms with Gasteiger partial charge < -0.3 is 5.32 Å². The van der Waals surface area contributed by atoms with Crippen LogP contribution in [0.15, 0.2) is 65.7 Å². The van der Waals surface area contributed by atoms with E-state index >= 15 is 0 Å². The number of rotatable bonds is 5. The highest BCUT2D eigenvalue weighted by atomic mass is 35.5. The van der Waals surface area contributed by atoms with Crippen LogP contribution < -0.4 is 5.32 Å². The molecule has 0 spiro atoms. The molecule has 0 aliphatic carbocycles. The van der Waals surface area contributed by atoms with Gasteiger partial charge in [-0.05, 0) is 31.0 Å². The largest absolute Gasteiger partial charge is 0.328 e. The first-order chi connectivity index (χ1) is 16.0. The third-order valence-corrected chi connectivity index (χ3v) is 7.15. The minimum atomic E-state index is -0.696. The second kappa shape index (κ2) is 8.92. The number of benzene rings is 2. The summed E-state index contributed by atoms with van der Waals surface area (Å²) in [4.78, 5) is 19.2. The number of hydrogen-bond donors (Lipinski definition) is 1. The van der Waals surface area contributed by atoms with Gasteiger partial charge in [0.05, 0.1) is 12.1 Å². The number of nitrogens with one attached hydrogen (secondary N) is 1. The molecule has 2 aromatic carbocycles. The molecule has 4 aromatic rings. The van der Waals surface area contributed by atoms with E-state index in [1.807, 2.05) is 66.1 Å². The van der Waals surface area contributed by atoms with Crippen LogP contribution in [0.5, 0.6) is 0 Å². The van der Waals surface area contributed by atoms with Crippen LogP contribution in [0.4, 0.5) is 0 Å². The van der Waals surface area contributed by atoms with E-state index in [1.165, 1.54) is 4.88 Å². The Balaban J connectivity index is 1.63. The van der Waals surface area contributed by atoms with Crippen molar-refractivity contribution in [3.63, 3.8) is 0 Å². The molecular weight excluding hydrogens is 454 g/mol. The molecule has 1 N–H and O–H groups in total. The van der Waals surface area contributed by atoms with Crippen LogP contribution in [0.1, 0.15) is 46.3 Å². The summed E-state index contributed by atoms with van der Waals surface area (Å²) in [6, 6.07) is 19.4. The molecule has 0 saturated carbocycles. The van der Waals surface area contributed by atoms with Crippen molar-refractivity contribution in [2.45, 2.75) is 32.9 Å². The van der Waals surface area contributed by atoms with E-state index in [9.17, 15) is 4.79 Å². The first-order valence-corrected chi connectivity index (χ1v) is 12.0. The summed E-state index contributed by atoms with van der Waals surface area (Å²) in [5.74, 6) is 1.19. The summed E-state index contributed by atoms with van der Waals surface area (Å²) in [5, 5.41) is 13.4. The molecule has 33 heavy (non-hydrogen) atoms. The van der Waals surface area contributed by atoms with Gasteiger partial charge >= 0.3 is 0 Å². The highest BCUT2D eigenvalue weighted by molar-refractivity contribution is 7.15. The fraction of sp³-hybridized carbons (Fsp3) is 0.200. The molecule has 0 radical (unpaired) electrons. The Kier molecular flexibility index (Phi) is 5.83. The third kappa shape index (κ3) is 4.10. The average Bonchev–Trinajstić information content (AvgIpc) is 3.38. The van der Waals surface area contributed by atoms with E-state index in [4.69, 9.17) is 16.6 Å². The van der Waals surface area contributed by atoms with Crippen molar-refractivity contribution >= 4 is 34.6 Å². The number of fused-ring (bicyclic) bond motifs is 3. The van der Waals surface area contributed by atoms with E-state index in [0.717, 1.165) is 39.6 Å². The van der Waals surface area contributed by atoms with Crippen LogP contribution in [-0.2, 0) is 17.6 Å². The van der Waals surface area contributed by atoms with E-state index in [2.05, 4.69) is 28.5 Å². The van der Waals surface area contributed by atoms with Gasteiger partial charge in [-0.25, -0.2) is 0 Å². The van der Waals surface area contributed by atoms with Crippen molar-refractivity contribution < 1.29 is 4.79 Å². The average molecular weight is 476 g/mol. The maximum absolute atomic E-state index is 13.0. The molecule has 1 aliphatic heterocycles. The number of hydrogen-bond acceptors (Lipinski definition) is 5. The van der Waals surface area contributed by atoms with E-state index < -0.39 is 6.17 Å². The zero-order valence-corrected chi connectivity index (χ0v) is 19.8. The Hall–Kier alpha value is -3.29. The number of carbonyl (C=O) groups is 1. The zero-order chi connectivity index (χ0) is 22.9. The molecule has 0 bridgehead atoms. The van der Waals surface area contributed by atoms with E-state index in [-0.39, 0.29) is 12.3 Å². The molecule has 1 amide bonds. The SMILES string of the molecule is CCc1cc2c(s1)-n1c(C)nnc1C(NC(=O)Cc1ccccc1)N=C2c1ccccc1Cl. The second-order valence-corrected chi connectivity index (χ2v) is 9.34. The predicted octanol–water partition coefficient (Wildman–Crippen LogP) is 5.06. The summed E-state index contributed by atoms with van der Waals surface area (Å²) >= 11 is 8.28. The number of amides is 1. The fourth-order valence-electron chi connectivity index (χ4n) is 3.95. The monoisotopic (exact) mass is 475 g/mol. The molecule has 0 fully saturated rings. The van der Waals surface area contributed by atoms with Gasteiger partial charge in [-0.2, -0.15) is 0 Å². The standard InChI is InChI=1S/C25H22ClN5OS/c1-3-17-14-19-22(18-11-7-8-12-20(18)26)28-23(24-30-29-15(2)31(24)25(19)33-17)27-21(32)13-16-9-5-4-6-10-16/h4-12,14,23H,3,13H2,1-2H3,(H,27,32). The molecule has 2 aromatic heterocycles.